The smallest absolute Gasteiger partial charge is 0.341 e. The Bertz CT molecular complexity index is 2240. The lowest BCUT2D eigenvalue weighted by Crippen LogP contribution is -2.46. The number of carbonyl (C=O) groups is 1. The minimum Gasteiger partial charge on any atom is -0.508 e. The van der Waals surface area contributed by atoms with Crippen molar-refractivity contribution in [1.29, 1.82) is 0 Å². The number of thiocarbonyl (C=S) groups is 2. The first-order valence-electron chi connectivity index (χ1n) is 14.1. The van der Waals surface area contributed by atoms with Crippen molar-refractivity contribution in [2.45, 2.75) is 21.4 Å². The molecule has 1 aliphatic carbocycles. The number of fused-ring (bicyclic) bond motifs is 7. The molecule has 47 heavy (non-hydrogen) atoms. The van der Waals surface area contributed by atoms with Crippen molar-refractivity contribution >= 4 is 62.3 Å². The van der Waals surface area contributed by atoms with Crippen LogP contribution in [-0.4, -0.2) is 55.1 Å². The van der Waals surface area contributed by atoms with Crippen LogP contribution in [0, 0.1) is 0 Å². The number of anilines is 1. The molecule has 1 spiro atoms. The summed E-state index contributed by atoms with van der Waals surface area (Å²) >= 11 is 9.99. The number of phenolic OH excluding ortho intramolecular Hbond substituents is 2. The number of rotatable bonds is 5. The van der Waals surface area contributed by atoms with Crippen molar-refractivity contribution in [2.75, 3.05) is 19.0 Å². The molecule has 234 valence electrons. The molecule has 13 heteroatoms. The fourth-order valence-corrected chi connectivity index (χ4v) is 9.21. The normalized spacial score (nSPS) is 19.5. The second-order valence-electron chi connectivity index (χ2n) is 11.3. The number of nitrogens with zero attached hydrogens (tertiary/aromatic N) is 3. The molecule has 2 aliphatic heterocycles. The summed E-state index contributed by atoms with van der Waals surface area (Å²) < 4.78 is 42.9. The molecule has 0 saturated heterocycles. The third kappa shape index (κ3) is 4.08. The minimum absolute atomic E-state index is 0.116. The van der Waals surface area contributed by atoms with E-state index in [0.717, 1.165) is 0 Å². The molecule has 2 atom stereocenters. The average Bonchev–Trinajstić information content (AvgIpc) is 3.33. The van der Waals surface area contributed by atoms with E-state index in [-0.39, 0.29) is 44.6 Å². The third-order valence-electron chi connectivity index (χ3n) is 8.66. The fraction of sp³-hybridized carbons (Fsp3) is 0.147. The van der Waals surface area contributed by atoms with Gasteiger partial charge in [0.15, 0.2) is 5.60 Å². The highest BCUT2D eigenvalue weighted by Crippen LogP contribution is 2.58. The van der Waals surface area contributed by atoms with Crippen molar-refractivity contribution in [3.8, 4) is 23.0 Å². The first kappa shape index (κ1) is 30.5. The Morgan fingerprint density at radius 1 is 0.872 bits per heavy atom. The molecule has 10 nitrogen and oxygen atoms in total. The zero-order chi connectivity index (χ0) is 33.3. The molecule has 0 saturated carbocycles. The SMILES string of the molecule is CN(C)c1cccc2c1C=CC(N=C=S)C2(N=C=S)S(=O)(=O)c1cccc2c1C(=O)OC21c2ccc(O)cc2Oc2cc(O)ccc21. The first-order chi connectivity index (χ1) is 22.5. The Labute approximate surface area is 279 Å². The summed E-state index contributed by atoms with van der Waals surface area (Å²) in [6.45, 7) is 0. The van der Waals surface area contributed by atoms with Crippen LogP contribution in [0.2, 0.25) is 0 Å². The van der Waals surface area contributed by atoms with E-state index in [4.69, 9.17) is 33.9 Å². The number of hydrogen-bond acceptors (Lipinski definition) is 12. The van der Waals surface area contributed by atoms with Gasteiger partial charge in [-0.05, 0) is 60.8 Å². The molecule has 3 aliphatic rings. The van der Waals surface area contributed by atoms with Gasteiger partial charge >= 0.3 is 5.97 Å². The predicted octanol–water partition coefficient (Wildman–Crippen LogP) is 5.96. The molecule has 4 aromatic rings. The number of benzene rings is 4. The third-order valence-corrected chi connectivity index (χ3v) is 11.2. The van der Waals surface area contributed by atoms with Gasteiger partial charge < -0.3 is 24.6 Å². The summed E-state index contributed by atoms with van der Waals surface area (Å²) in [6.07, 6.45) is 3.31. The van der Waals surface area contributed by atoms with Gasteiger partial charge in [0.05, 0.1) is 20.8 Å². The van der Waals surface area contributed by atoms with E-state index in [1.165, 1.54) is 48.5 Å². The molecule has 2 heterocycles. The molecule has 2 N–H and O–H groups in total. The maximum absolute atomic E-state index is 15.3. The fourth-order valence-electron chi connectivity index (χ4n) is 6.76. The lowest BCUT2D eigenvalue weighted by molar-refractivity contribution is 0.0222. The van der Waals surface area contributed by atoms with E-state index >= 15 is 8.42 Å². The average molecular weight is 682 g/mol. The first-order valence-corrected chi connectivity index (χ1v) is 16.4. The number of hydrogen-bond donors (Lipinski definition) is 2. The van der Waals surface area contributed by atoms with Crippen LogP contribution in [0.1, 0.15) is 38.2 Å². The molecule has 0 amide bonds. The Balaban J connectivity index is 1.56. The minimum atomic E-state index is -4.75. The van der Waals surface area contributed by atoms with E-state index in [1.54, 1.807) is 30.4 Å². The molecule has 0 bridgehead atoms. The molecule has 0 fully saturated rings. The Hall–Kier alpha value is -5.16. The molecule has 0 radical (unpaired) electrons. The van der Waals surface area contributed by atoms with Gasteiger partial charge in [-0.3, -0.25) is 0 Å². The Morgan fingerprint density at radius 3 is 2.13 bits per heavy atom. The number of esters is 1. The summed E-state index contributed by atoms with van der Waals surface area (Å²) in [5.41, 5.74) is 0.488. The van der Waals surface area contributed by atoms with Gasteiger partial charge in [-0.25, -0.2) is 23.2 Å². The number of aliphatic imine (C=N–C) groups is 2. The van der Waals surface area contributed by atoms with Crippen molar-refractivity contribution < 1.29 is 32.9 Å². The topological polar surface area (TPSA) is 138 Å². The van der Waals surface area contributed by atoms with Crippen LogP contribution >= 0.6 is 24.4 Å². The van der Waals surface area contributed by atoms with Crippen LogP contribution in [0.5, 0.6) is 23.0 Å². The molecular formula is C34H23N3O7S3. The second-order valence-corrected chi connectivity index (χ2v) is 13.7. The van der Waals surface area contributed by atoms with Gasteiger partial charge in [-0.15, -0.1) is 0 Å². The molecular weight excluding hydrogens is 659 g/mol. The van der Waals surface area contributed by atoms with E-state index in [2.05, 4.69) is 20.3 Å². The summed E-state index contributed by atoms with van der Waals surface area (Å²) in [6, 6.07) is 17.0. The summed E-state index contributed by atoms with van der Waals surface area (Å²) in [4.78, 5) is 21.9. The zero-order valence-corrected chi connectivity index (χ0v) is 27.1. The Kier molecular flexibility index (Phi) is 6.94. The van der Waals surface area contributed by atoms with Crippen molar-refractivity contribution in [2.24, 2.45) is 9.98 Å². The monoisotopic (exact) mass is 681 g/mol. The van der Waals surface area contributed by atoms with E-state index < -0.39 is 32.3 Å². The van der Waals surface area contributed by atoms with Gasteiger partial charge in [-0.2, -0.15) is 0 Å². The van der Waals surface area contributed by atoms with Gasteiger partial charge in [0.25, 0.3) is 0 Å². The summed E-state index contributed by atoms with van der Waals surface area (Å²) in [5.74, 6) is -0.859. The molecule has 0 aromatic heterocycles. The summed E-state index contributed by atoms with van der Waals surface area (Å²) in [5, 5.41) is 25.1. The Morgan fingerprint density at radius 2 is 1.51 bits per heavy atom. The van der Waals surface area contributed by atoms with Crippen LogP contribution in [0.15, 0.2) is 93.8 Å². The zero-order valence-electron chi connectivity index (χ0n) is 24.7. The van der Waals surface area contributed by atoms with Gasteiger partial charge in [0.2, 0.25) is 14.7 Å². The van der Waals surface area contributed by atoms with Gasteiger partial charge in [0, 0.05) is 59.7 Å². The van der Waals surface area contributed by atoms with Gasteiger partial charge in [0.1, 0.15) is 29.0 Å². The predicted molar refractivity (Wildman–Crippen MR) is 181 cm³/mol. The van der Waals surface area contributed by atoms with Crippen molar-refractivity contribution in [3.05, 3.63) is 112 Å². The molecule has 4 aromatic carbocycles. The molecule has 7 rings (SSSR count). The highest BCUT2D eigenvalue weighted by molar-refractivity contribution is 7.92. The number of phenols is 2. The highest BCUT2D eigenvalue weighted by atomic mass is 32.2. The number of sulfone groups is 1. The standard InChI is InChI=1S/C34H23N3O7S3/c1-37(2)26-7-3-5-22-21(26)11-14-30(35-17-45)34(22,36-18-46)47(41,42)29-8-4-6-25-31(29)32(40)44-33(25)23-12-9-19(38)15-27(23)43-28-16-20(39)10-13-24(28)33/h3-16,30,38-39H,1-2H3. The number of carbonyl (C=O) groups excluding carboxylic acids is 1. The second kappa shape index (κ2) is 10.7. The lowest BCUT2D eigenvalue weighted by atomic mass is 9.77. The van der Waals surface area contributed by atoms with Crippen LogP contribution in [0.25, 0.3) is 6.08 Å². The maximum Gasteiger partial charge on any atom is 0.341 e. The summed E-state index contributed by atoms with van der Waals surface area (Å²) in [7, 11) is -1.10. The quantitative estimate of drug-likeness (QED) is 0.147. The van der Waals surface area contributed by atoms with Crippen LogP contribution in [-0.2, 0) is 25.0 Å². The van der Waals surface area contributed by atoms with Crippen molar-refractivity contribution in [1.82, 2.24) is 0 Å². The number of ether oxygens (including phenoxy) is 2. The van der Waals surface area contributed by atoms with E-state index in [9.17, 15) is 15.0 Å². The lowest BCUT2D eigenvalue weighted by Gasteiger charge is -2.37. The molecule has 2 unspecified atom stereocenters. The largest absolute Gasteiger partial charge is 0.508 e. The van der Waals surface area contributed by atoms with E-state index in [0.29, 0.717) is 22.4 Å². The maximum atomic E-state index is 15.3. The van der Waals surface area contributed by atoms with Crippen molar-refractivity contribution in [3.63, 3.8) is 0 Å². The van der Waals surface area contributed by atoms with Crippen LogP contribution in [0.4, 0.5) is 5.69 Å². The van der Waals surface area contributed by atoms with Crippen LogP contribution in [0.3, 0.4) is 0 Å². The van der Waals surface area contributed by atoms with E-state index in [1.807, 2.05) is 25.1 Å². The number of isothiocyanates is 2. The van der Waals surface area contributed by atoms with Gasteiger partial charge in [-0.1, -0.05) is 36.4 Å². The number of aromatic hydroxyl groups is 2. The van der Waals surface area contributed by atoms with Crippen LogP contribution < -0.4 is 9.64 Å². The highest BCUT2D eigenvalue weighted by Gasteiger charge is 2.60.